The number of hydrogen-bond donors (Lipinski definition) is 1. The van der Waals surface area contributed by atoms with E-state index in [-0.39, 0.29) is 12.0 Å². The Morgan fingerprint density at radius 2 is 2.26 bits per heavy atom. The summed E-state index contributed by atoms with van der Waals surface area (Å²) in [6.07, 6.45) is 0.242. The van der Waals surface area contributed by atoms with E-state index in [2.05, 4.69) is 15.3 Å². The van der Waals surface area contributed by atoms with Crippen molar-refractivity contribution in [3.63, 3.8) is 0 Å². The quantitative estimate of drug-likeness (QED) is 0.920. The molecule has 0 amide bonds. The van der Waals surface area contributed by atoms with Crippen molar-refractivity contribution in [2.24, 2.45) is 0 Å². The Kier molecular flexibility index (Phi) is 2.98. The Labute approximate surface area is 113 Å². The van der Waals surface area contributed by atoms with Gasteiger partial charge in [0, 0.05) is 5.92 Å². The largest absolute Gasteiger partial charge is 0.479 e. The molecule has 2 aromatic heterocycles. The molecule has 19 heavy (non-hydrogen) atoms. The zero-order chi connectivity index (χ0) is 13.6. The Balaban J connectivity index is 1.88. The lowest BCUT2D eigenvalue weighted by Gasteiger charge is -2.07. The highest BCUT2D eigenvalue weighted by Crippen LogP contribution is 2.35. The molecule has 8 heteroatoms. The molecule has 3 rings (SSSR count). The number of carboxylic acids is 1. The van der Waals surface area contributed by atoms with E-state index in [0.717, 1.165) is 15.8 Å². The van der Waals surface area contributed by atoms with Crippen molar-refractivity contribution in [1.82, 2.24) is 19.8 Å². The zero-order valence-corrected chi connectivity index (χ0v) is 11.4. The molecule has 3 heterocycles. The SMILES string of the molecule is CC(C)c1nnc2sc(C3CCC(C(=O)O)O3)nn12. The van der Waals surface area contributed by atoms with Gasteiger partial charge in [-0.2, -0.15) is 9.61 Å². The molecule has 0 aliphatic carbocycles. The molecule has 0 aromatic carbocycles. The van der Waals surface area contributed by atoms with Crippen LogP contribution in [-0.4, -0.2) is 37.0 Å². The summed E-state index contributed by atoms with van der Waals surface area (Å²) < 4.78 is 7.22. The second-order valence-corrected chi connectivity index (χ2v) is 5.86. The van der Waals surface area contributed by atoms with Gasteiger partial charge in [-0.15, -0.1) is 10.2 Å². The number of aliphatic carboxylic acids is 1. The van der Waals surface area contributed by atoms with Crippen molar-refractivity contribution in [1.29, 1.82) is 0 Å². The van der Waals surface area contributed by atoms with E-state index in [9.17, 15) is 4.79 Å². The van der Waals surface area contributed by atoms with Crippen LogP contribution in [0.3, 0.4) is 0 Å². The van der Waals surface area contributed by atoms with Gasteiger partial charge in [-0.1, -0.05) is 25.2 Å². The zero-order valence-electron chi connectivity index (χ0n) is 10.6. The maximum absolute atomic E-state index is 10.9. The van der Waals surface area contributed by atoms with Crippen molar-refractivity contribution < 1.29 is 14.6 Å². The number of carboxylic acid groups (broad SMARTS) is 1. The van der Waals surface area contributed by atoms with Crippen LogP contribution in [-0.2, 0) is 9.53 Å². The summed E-state index contributed by atoms with van der Waals surface area (Å²) in [5.74, 6) is 0.139. The summed E-state index contributed by atoms with van der Waals surface area (Å²) >= 11 is 1.41. The number of rotatable bonds is 3. The van der Waals surface area contributed by atoms with Crippen LogP contribution in [0.2, 0.25) is 0 Å². The molecule has 0 saturated carbocycles. The van der Waals surface area contributed by atoms with E-state index in [1.54, 1.807) is 4.52 Å². The maximum atomic E-state index is 10.9. The van der Waals surface area contributed by atoms with Crippen molar-refractivity contribution in [3.8, 4) is 0 Å². The molecule has 0 radical (unpaired) electrons. The van der Waals surface area contributed by atoms with Crippen LogP contribution in [0, 0.1) is 0 Å². The summed E-state index contributed by atoms with van der Waals surface area (Å²) in [6, 6.07) is 0. The molecule has 1 aliphatic heterocycles. The molecule has 7 nitrogen and oxygen atoms in total. The number of hydrogen-bond acceptors (Lipinski definition) is 6. The fourth-order valence-electron chi connectivity index (χ4n) is 2.14. The van der Waals surface area contributed by atoms with Crippen molar-refractivity contribution in [3.05, 3.63) is 10.8 Å². The number of fused-ring (bicyclic) bond motifs is 1. The molecule has 1 saturated heterocycles. The van der Waals surface area contributed by atoms with E-state index in [0.29, 0.717) is 12.8 Å². The maximum Gasteiger partial charge on any atom is 0.332 e. The first-order valence-corrected chi connectivity index (χ1v) is 6.98. The van der Waals surface area contributed by atoms with E-state index < -0.39 is 12.1 Å². The summed E-state index contributed by atoms with van der Waals surface area (Å²) in [7, 11) is 0. The number of carbonyl (C=O) groups is 1. The van der Waals surface area contributed by atoms with Gasteiger partial charge in [0.1, 0.15) is 11.1 Å². The molecular formula is C11H14N4O3S. The number of nitrogens with zero attached hydrogens (tertiary/aromatic N) is 4. The highest BCUT2D eigenvalue weighted by molar-refractivity contribution is 7.16. The third-order valence-corrected chi connectivity index (χ3v) is 4.11. The van der Waals surface area contributed by atoms with Gasteiger partial charge >= 0.3 is 5.97 Å². The standard InChI is InChI=1S/C11H14N4O3S/c1-5(2)8-12-13-11-15(8)14-9(19-11)6-3-4-7(18-6)10(16)17/h5-7H,3-4H2,1-2H3,(H,16,17). The molecule has 2 unspecified atom stereocenters. The normalized spacial score (nSPS) is 23.5. The van der Waals surface area contributed by atoms with E-state index in [1.807, 2.05) is 13.8 Å². The molecule has 0 spiro atoms. The first kappa shape index (κ1) is 12.5. The average molecular weight is 282 g/mol. The van der Waals surface area contributed by atoms with Crippen LogP contribution in [0.1, 0.15) is 49.5 Å². The van der Waals surface area contributed by atoms with Crippen LogP contribution in [0.15, 0.2) is 0 Å². The molecule has 2 atom stereocenters. The van der Waals surface area contributed by atoms with Gasteiger partial charge in [0.15, 0.2) is 11.9 Å². The predicted octanol–water partition coefficient (Wildman–Crippen LogP) is 1.61. The van der Waals surface area contributed by atoms with E-state index in [4.69, 9.17) is 9.84 Å². The summed E-state index contributed by atoms with van der Waals surface area (Å²) in [6.45, 7) is 4.06. The first-order chi connectivity index (χ1) is 9.06. The minimum absolute atomic E-state index is 0.237. The van der Waals surface area contributed by atoms with Gasteiger partial charge in [0.2, 0.25) is 4.96 Å². The molecule has 0 bridgehead atoms. The predicted molar refractivity (Wildman–Crippen MR) is 67.2 cm³/mol. The monoisotopic (exact) mass is 282 g/mol. The van der Waals surface area contributed by atoms with Crippen molar-refractivity contribution in [2.75, 3.05) is 0 Å². The van der Waals surface area contributed by atoms with E-state index in [1.165, 1.54) is 11.3 Å². The van der Waals surface area contributed by atoms with Crippen LogP contribution in [0.4, 0.5) is 0 Å². The lowest BCUT2D eigenvalue weighted by molar-refractivity contribution is -0.149. The Hall–Kier alpha value is -1.54. The smallest absolute Gasteiger partial charge is 0.332 e. The third-order valence-electron chi connectivity index (χ3n) is 3.12. The Bertz CT molecular complexity index is 621. The van der Waals surface area contributed by atoms with Gasteiger partial charge in [0.25, 0.3) is 0 Å². The highest BCUT2D eigenvalue weighted by atomic mass is 32.1. The molecule has 102 valence electrons. The third kappa shape index (κ3) is 2.10. The van der Waals surface area contributed by atoms with Gasteiger partial charge < -0.3 is 9.84 Å². The molecule has 1 fully saturated rings. The minimum Gasteiger partial charge on any atom is -0.479 e. The molecule has 1 aliphatic rings. The van der Waals surface area contributed by atoms with Gasteiger partial charge in [-0.25, -0.2) is 4.79 Å². The van der Waals surface area contributed by atoms with Gasteiger partial charge in [-0.3, -0.25) is 0 Å². The van der Waals surface area contributed by atoms with Crippen molar-refractivity contribution >= 4 is 22.3 Å². The molecule has 2 aromatic rings. The highest BCUT2D eigenvalue weighted by Gasteiger charge is 2.33. The fraction of sp³-hybridized carbons (Fsp3) is 0.636. The topological polar surface area (TPSA) is 89.6 Å². The number of ether oxygens (including phenoxy) is 1. The summed E-state index contributed by atoms with van der Waals surface area (Å²) in [5.41, 5.74) is 0. The first-order valence-electron chi connectivity index (χ1n) is 6.16. The minimum atomic E-state index is -0.909. The summed E-state index contributed by atoms with van der Waals surface area (Å²) in [5, 5.41) is 22.3. The van der Waals surface area contributed by atoms with Gasteiger partial charge in [-0.05, 0) is 12.8 Å². The summed E-state index contributed by atoms with van der Waals surface area (Å²) in [4.78, 5) is 11.6. The Morgan fingerprint density at radius 3 is 2.89 bits per heavy atom. The average Bonchev–Trinajstić information content (AvgIpc) is 3.02. The van der Waals surface area contributed by atoms with Crippen LogP contribution in [0.5, 0.6) is 0 Å². The Morgan fingerprint density at radius 1 is 1.47 bits per heavy atom. The van der Waals surface area contributed by atoms with Crippen molar-refractivity contribution in [2.45, 2.75) is 44.8 Å². The lowest BCUT2D eigenvalue weighted by atomic mass is 10.2. The molecular weight excluding hydrogens is 268 g/mol. The second-order valence-electron chi connectivity index (χ2n) is 4.88. The number of aromatic nitrogens is 4. The van der Waals surface area contributed by atoms with Crippen LogP contribution < -0.4 is 0 Å². The fourth-order valence-corrected chi connectivity index (χ4v) is 3.05. The second kappa shape index (κ2) is 4.53. The van der Waals surface area contributed by atoms with E-state index >= 15 is 0 Å². The van der Waals surface area contributed by atoms with Gasteiger partial charge in [0.05, 0.1) is 0 Å². The lowest BCUT2D eigenvalue weighted by Crippen LogP contribution is -2.18. The van der Waals surface area contributed by atoms with Crippen LogP contribution >= 0.6 is 11.3 Å². The van der Waals surface area contributed by atoms with Crippen LogP contribution in [0.25, 0.3) is 4.96 Å². The molecule has 1 N–H and O–H groups in total.